The molecule has 1 heterocycles. The maximum absolute atomic E-state index is 12.2. The van der Waals surface area contributed by atoms with Gasteiger partial charge in [-0.1, -0.05) is 22.0 Å². The van der Waals surface area contributed by atoms with Crippen molar-refractivity contribution >= 4 is 31.8 Å². The third kappa shape index (κ3) is 3.14. The number of nitrogens with two attached hydrogens (primary N) is 1. The largest absolute Gasteiger partial charge is 0.384 e. The molecular weight excluding hydrogens is 332 g/mol. The number of nitrogen functional groups attached to an aromatic ring is 1. The Morgan fingerprint density at radius 3 is 2.84 bits per heavy atom. The summed E-state index contributed by atoms with van der Waals surface area (Å²) in [5.41, 5.74) is 6.89. The van der Waals surface area contributed by atoms with Crippen molar-refractivity contribution < 1.29 is 8.42 Å². The third-order valence-corrected chi connectivity index (χ3v) is 4.68. The van der Waals surface area contributed by atoms with E-state index in [1.54, 1.807) is 25.1 Å². The van der Waals surface area contributed by atoms with Crippen molar-refractivity contribution in [2.24, 2.45) is 0 Å². The summed E-state index contributed by atoms with van der Waals surface area (Å²) in [6.07, 6.45) is 1.49. The van der Waals surface area contributed by atoms with Crippen LogP contribution in [0.5, 0.6) is 0 Å². The fourth-order valence-corrected chi connectivity index (χ4v) is 3.36. The van der Waals surface area contributed by atoms with Crippen LogP contribution in [0.2, 0.25) is 0 Å². The van der Waals surface area contributed by atoms with Crippen LogP contribution < -0.4 is 10.5 Å². The van der Waals surface area contributed by atoms with Crippen molar-refractivity contribution in [3.8, 4) is 0 Å². The maximum atomic E-state index is 12.2. The summed E-state index contributed by atoms with van der Waals surface area (Å²) < 4.78 is 27.6. The summed E-state index contributed by atoms with van der Waals surface area (Å²) in [6, 6.07) is 5.10. The SMILES string of the molecule is Cc1ccc(Br)cc1S(=O)(=O)NCc1cn[nH]c1N. The first kappa shape index (κ1) is 14.0. The topological polar surface area (TPSA) is 101 Å². The van der Waals surface area contributed by atoms with Crippen LogP contribution in [0.15, 0.2) is 33.8 Å². The molecule has 0 atom stereocenters. The highest BCUT2D eigenvalue weighted by Crippen LogP contribution is 2.20. The van der Waals surface area contributed by atoms with Crippen molar-refractivity contribution in [2.45, 2.75) is 18.4 Å². The number of nitrogens with one attached hydrogen (secondary N) is 2. The third-order valence-electron chi connectivity index (χ3n) is 2.64. The van der Waals surface area contributed by atoms with Crippen molar-refractivity contribution in [2.75, 3.05) is 5.73 Å². The molecule has 6 nitrogen and oxygen atoms in total. The van der Waals surface area contributed by atoms with E-state index in [4.69, 9.17) is 5.73 Å². The summed E-state index contributed by atoms with van der Waals surface area (Å²) in [5, 5.41) is 6.29. The highest BCUT2D eigenvalue weighted by Gasteiger charge is 2.17. The lowest BCUT2D eigenvalue weighted by Crippen LogP contribution is -2.24. The molecular formula is C11H13BrN4O2S. The average Bonchev–Trinajstić information content (AvgIpc) is 2.75. The summed E-state index contributed by atoms with van der Waals surface area (Å²) in [4.78, 5) is 0.240. The van der Waals surface area contributed by atoms with E-state index < -0.39 is 10.0 Å². The number of hydrogen-bond donors (Lipinski definition) is 3. The van der Waals surface area contributed by atoms with Gasteiger partial charge in [-0.3, -0.25) is 5.10 Å². The lowest BCUT2D eigenvalue weighted by atomic mass is 10.2. The summed E-state index contributed by atoms with van der Waals surface area (Å²) in [6.45, 7) is 1.84. The minimum Gasteiger partial charge on any atom is -0.384 e. The minimum absolute atomic E-state index is 0.0939. The van der Waals surface area contributed by atoms with Gasteiger partial charge in [0.05, 0.1) is 11.1 Å². The molecule has 2 aromatic rings. The second-order valence-electron chi connectivity index (χ2n) is 4.04. The highest BCUT2D eigenvalue weighted by atomic mass is 79.9. The van der Waals surface area contributed by atoms with Crippen molar-refractivity contribution in [3.63, 3.8) is 0 Å². The summed E-state index contributed by atoms with van der Waals surface area (Å²) >= 11 is 3.26. The number of H-pyrrole nitrogens is 1. The Labute approximate surface area is 119 Å². The number of halogens is 1. The van der Waals surface area contributed by atoms with E-state index in [1.165, 1.54) is 6.20 Å². The van der Waals surface area contributed by atoms with Crippen LogP contribution in [0, 0.1) is 6.92 Å². The molecule has 19 heavy (non-hydrogen) atoms. The van der Waals surface area contributed by atoms with Gasteiger partial charge in [0.2, 0.25) is 10.0 Å². The first-order chi connectivity index (χ1) is 8.90. The van der Waals surface area contributed by atoms with Crippen LogP contribution in [0.3, 0.4) is 0 Å². The first-order valence-corrected chi connectivity index (χ1v) is 7.71. The van der Waals surface area contributed by atoms with Gasteiger partial charge in [0.15, 0.2) is 0 Å². The molecule has 1 aromatic carbocycles. The monoisotopic (exact) mass is 344 g/mol. The van der Waals surface area contributed by atoms with Gasteiger partial charge < -0.3 is 5.73 Å². The van der Waals surface area contributed by atoms with Crippen LogP contribution in [-0.4, -0.2) is 18.6 Å². The molecule has 0 aliphatic rings. The molecule has 0 spiro atoms. The van der Waals surface area contributed by atoms with Crippen molar-refractivity contribution in [1.82, 2.24) is 14.9 Å². The molecule has 0 fully saturated rings. The van der Waals surface area contributed by atoms with Crippen LogP contribution in [0.4, 0.5) is 5.82 Å². The Balaban J connectivity index is 2.23. The zero-order valence-electron chi connectivity index (χ0n) is 10.1. The second kappa shape index (κ2) is 5.32. The number of hydrogen-bond acceptors (Lipinski definition) is 4. The second-order valence-corrected chi connectivity index (χ2v) is 6.69. The van der Waals surface area contributed by atoms with E-state index in [9.17, 15) is 8.42 Å². The molecule has 0 aliphatic carbocycles. The molecule has 0 amide bonds. The fourth-order valence-electron chi connectivity index (χ4n) is 1.58. The number of sulfonamides is 1. The van der Waals surface area contributed by atoms with Crippen LogP contribution in [0.1, 0.15) is 11.1 Å². The Kier molecular flexibility index (Phi) is 3.93. The van der Waals surface area contributed by atoms with Gasteiger partial charge in [-0.15, -0.1) is 0 Å². The molecule has 0 saturated heterocycles. The Morgan fingerprint density at radius 2 is 2.21 bits per heavy atom. The number of aryl methyl sites for hydroxylation is 1. The smallest absolute Gasteiger partial charge is 0.241 e. The number of anilines is 1. The summed E-state index contributed by atoms with van der Waals surface area (Å²) in [7, 11) is -3.58. The molecule has 8 heteroatoms. The van der Waals surface area contributed by atoms with Gasteiger partial charge in [0.25, 0.3) is 0 Å². The Bertz CT molecular complexity index is 696. The Hall–Kier alpha value is -1.38. The number of nitrogens with zero attached hydrogens (tertiary/aromatic N) is 1. The molecule has 0 unspecified atom stereocenters. The zero-order valence-corrected chi connectivity index (χ0v) is 12.5. The van der Waals surface area contributed by atoms with Gasteiger partial charge in [-0.05, 0) is 24.6 Å². The number of aromatic amines is 1. The lowest BCUT2D eigenvalue weighted by molar-refractivity contribution is 0.580. The zero-order chi connectivity index (χ0) is 14.0. The van der Waals surface area contributed by atoms with E-state index >= 15 is 0 Å². The maximum Gasteiger partial charge on any atom is 0.241 e. The highest BCUT2D eigenvalue weighted by molar-refractivity contribution is 9.10. The minimum atomic E-state index is -3.58. The molecule has 0 saturated carbocycles. The van der Waals surface area contributed by atoms with E-state index in [2.05, 4.69) is 30.8 Å². The molecule has 102 valence electrons. The number of benzene rings is 1. The molecule has 0 radical (unpaired) electrons. The predicted octanol–water partition coefficient (Wildman–Crippen LogP) is 1.54. The standard InChI is InChI=1S/C11H13BrN4O2S/c1-7-2-3-9(12)4-10(7)19(17,18)15-6-8-5-14-16-11(8)13/h2-5,15H,6H2,1H3,(H3,13,14,16). The van der Waals surface area contributed by atoms with Gasteiger partial charge in [-0.25, -0.2) is 13.1 Å². The van der Waals surface area contributed by atoms with Crippen molar-refractivity contribution in [1.29, 1.82) is 0 Å². The predicted molar refractivity (Wildman–Crippen MR) is 75.9 cm³/mol. The van der Waals surface area contributed by atoms with Gasteiger partial charge in [0.1, 0.15) is 5.82 Å². The quantitative estimate of drug-likeness (QED) is 0.782. The first-order valence-electron chi connectivity index (χ1n) is 5.43. The average molecular weight is 345 g/mol. The lowest BCUT2D eigenvalue weighted by Gasteiger charge is -2.09. The fraction of sp³-hybridized carbons (Fsp3) is 0.182. The van der Waals surface area contributed by atoms with E-state index in [-0.39, 0.29) is 11.4 Å². The van der Waals surface area contributed by atoms with Crippen LogP contribution in [0.25, 0.3) is 0 Å². The Morgan fingerprint density at radius 1 is 1.47 bits per heavy atom. The van der Waals surface area contributed by atoms with E-state index in [0.29, 0.717) is 21.4 Å². The van der Waals surface area contributed by atoms with Gasteiger partial charge >= 0.3 is 0 Å². The normalized spacial score (nSPS) is 11.7. The number of rotatable bonds is 4. The molecule has 1 aromatic heterocycles. The van der Waals surface area contributed by atoms with Crippen molar-refractivity contribution in [3.05, 3.63) is 40.0 Å². The molecule has 4 N–H and O–H groups in total. The van der Waals surface area contributed by atoms with Crippen LogP contribution >= 0.6 is 15.9 Å². The molecule has 0 aliphatic heterocycles. The summed E-state index contributed by atoms with van der Waals surface area (Å²) in [5.74, 6) is 0.355. The van der Waals surface area contributed by atoms with Gasteiger partial charge in [0, 0.05) is 16.6 Å². The molecule has 0 bridgehead atoms. The van der Waals surface area contributed by atoms with E-state index in [0.717, 1.165) is 0 Å². The van der Waals surface area contributed by atoms with Gasteiger partial charge in [-0.2, -0.15) is 5.10 Å². The van der Waals surface area contributed by atoms with E-state index in [1.807, 2.05) is 0 Å². The number of aromatic nitrogens is 2. The van der Waals surface area contributed by atoms with Crippen LogP contribution in [-0.2, 0) is 16.6 Å². The molecule has 2 rings (SSSR count).